The molecular weight excluding hydrogens is 359 g/mol. The number of hydrogen-bond acceptors (Lipinski definition) is 7. The average molecular weight is 376 g/mol. The van der Waals surface area contributed by atoms with Gasteiger partial charge in [-0.25, -0.2) is 13.2 Å². The van der Waals surface area contributed by atoms with E-state index in [2.05, 4.69) is 10.1 Å². The molecule has 0 radical (unpaired) electrons. The first-order chi connectivity index (χ1) is 12.3. The van der Waals surface area contributed by atoms with Gasteiger partial charge in [0.2, 0.25) is 0 Å². The molecule has 0 saturated carbocycles. The van der Waals surface area contributed by atoms with Crippen molar-refractivity contribution in [3.63, 3.8) is 0 Å². The summed E-state index contributed by atoms with van der Waals surface area (Å²) in [5.41, 5.74) is 7.90. The topological polar surface area (TPSA) is 128 Å². The van der Waals surface area contributed by atoms with Crippen LogP contribution < -0.4 is 16.5 Å². The quantitative estimate of drug-likeness (QED) is 0.528. The van der Waals surface area contributed by atoms with E-state index in [1.54, 1.807) is 18.2 Å². The Morgan fingerprint density at radius 2 is 2.12 bits per heavy atom. The van der Waals surface area contributed by atoms with Gasteiger partial charge in [-0.15, -0.1) is 0 Å². The lowest BCUT2D eigenvalue weighted by Gasteiger charge is -2.12. The number of rotatable bonds is 4. The van der Waals surface area contributed by atoms with Crippen molar-refractivity contribution >= 4 is 39.9 Å². The van der Waals surface area contributed by atoms with Gasteiger partial charge in [-0.05, 0) is 34.8 Å². The smallest absolute Gasteiger partial charge is 0.453 e. The van der Waals surface area contributed by atoms with E-state index in [-0.39, 0.29) is 22.9 Å². The van der Waals surface area contributed by atoms with Gasteiger partial charge in [-0.2, -0.15) is 0 Å². The molecule has 1 aliphatic rings. The molecule has 10 heteroatoms. The first-order valence-corrected chi connectivity index (χ1v) is 9.34. The van der Waals surface area contributed by atoms with Crippen molar-refractivity contribution in [3.8, 4) is 0 Å². The fraction of sp³-hybridized carbons (Fsp3) is 0.188. The van der Waals surface area contributed by atoms with Crippen LogP contribution in [-0.2, 0) is 31.6 Å². The highest BCUT2D eigenvalue weighted by molar-refractivity contribution is 7.90. The average Bonchev–Trinajstić information content (AvgIpc) is 2.95. The van der Waals surface area contributed by atoms with Crippen molar-refractivity contribution in [1.29, 1.82) is 0 Å². The van der Waals surface area contributed by atoms with Crippen LogP contribution in [0.2, 0.25) is 0 Å². The maximum Gasteiger partial charge on any atom is 0.491 e. The number of nitrogens with one attached hydrogen (secondary N) is 1. The third-order valence-electron chi connectivity index (χ3n) is 3.99. The van der Waals surface area contributed by atoms with E-state index >= 15 is 0 Å². The molecule has 1 heterocycles. The standard InChI is InChI=1S/C16H17BN2O6S/c1-24-16(20)19-14-7-12(18)4-5-15(14)26(22,23)9-10-2-3-11-8-25-17(21)13(11)6-10/h2-7,21H,8-9,18H2,1H3,(H,19,20). The number of ether oxygens (including phenoxy) is 1. The SMILES string of the molecule is COC(=O)Nc1cc(N)ccc1S(=O)(=O)Cc1ccc2c(c1)B(O)OC2. The first kappa shape index (κ1) is 18.2. The molecule has 0 fully saturated rings. The minimum Gasteiger partial charge on any atom is -0.453 e. The summed E-state index contributed by atoms with van der Waals surface area (Å²) in [7, 11) is -3.68. The van der Waals surface area contributed by atoms with E-state index in [9.17, 15) is 18.2 Å². The van der Waals surface area contributed by atoms with E-state index < -0.39 is 23.0 Å². The zero-order chi connectivity index (χ0) is 18.9. The van der Waals surface area contributed by atoms with Crippen LogP contribution in [0.1, 0.15) is 11.1 Å². The van der Waals surface area contributed by atoms with Gasteiger partial charge in [-0.1, -0.05) is 18.2 Å². The van der Waals surface area contributed by atoms with Gasteiger partial charge in [-0.3, -0.25) is 5.32 Å². The summed E-state index contributed by atoms with van der Waals surface area (Å²) in [6, 6.07) is 9.13. The Bertz CT molecular complexity index is 963. The second kappa shape index (κ2) is 6.98. The summed E-state index contributed by atoms with van der Waals surface area (Å²) >= 11 is 0. The number of amides is 1. The third-order valence-corrected chi connectivity index (χ3v) is 5.73. The Kier molecular flexibility index (Phi) is 4.90. The number of carbonyl (C=O) groups excluding carboxylic acids is 1. The van der Waals surface area contributed by atoms with Crippen molar-refractivity contribution in [2.24, 2.45) is 0 Å². The maximum absolute atomic E-state index is 12.9. The largest absolute Gasteiger partial charge is 0.491 e. The number of nitrogens with two attached hydrogens (primary N) is 1. The fourth-order valence-corrected chi connectivity index (χ4v) is 4.22. The van der Waals surface area contributed by atoms with E-state index in [4.69, 9.17) is 10.4 Å². The normalized spacial score (nSPS) is 13.4. The molecule has 136 valence electrons. The number of carbonyl (C=O) groups is 1. The van der Waals surface area contributed by atoms with Crippen LogP contribution in [0.15, 0.2) is 41.3 Å². The molecule has 1 aliphatic heterocycles. The second-order valence-electron chi connectivity index (χ2n) is 5.83. The number of fused-ring (bicyclic) bond motifs is 1. The Hall–Kier alpha value is -2.56. The molecule has 0 aliphatic carbocycles. The molecule has 0 bridgehead atoms. The molecule has 1 amide bonds. The molecule has 4 N–H and O–H groups in total. The minimum absolute atomic E-state index is 0.0429. The highest BCUT2D eigenvalue weighted by atomic mass is 32.2. The zero-order valence-electron chi connectivity index (χ0n) is 13.9. The van der Waals surface area contributed by atoms with Gasteiger partial charge in [0.1, 0.15) is 0 Å². The first-order valence-electron chi connectivity index (χ1n) is 7.69. The Morgan fingerprint density at radius 1 is 1.35 bits per heavy atom. The molecule has 26 heavy (non-hydrogen) atoms. The Morgan fingerprint density at radius 3 is 2.85 bits per heavy atom. The molecule has 0 spiro atoms. The number of benzene rings is 2. The van der Waals surface area contributed by atoms with Crippen molar-refractivity contribution < 1.29 is 27.6 Å². The van der Waals surface area contributed by atoms with Crippen LogP contribution in [0.3, 0.4) is 0 Å². The second-order valence-corrected chi connectivity index (χ2v) is 7.79. The highest BCUT2D eigenvalue weighted by Crippen LogP contribution is 2.27. The van der Waals surface area contributed by atoms with Gasteiger partial charge in [0.05, 0.1) is 30.1 Å². The molecule has 0 unspecified atom stereocenters. The van der Waals surface area contributed by atoms with E-state index in [1.807, 2.05) is 0 Å². The zero-order valence-corrected chi connectivity index (χ0v) is 14.7. The summed E-state index contributed by atoms with van der Waals surface area (Å²) in [6.45, 7) is 0.286. The fourth-order valence-electron chi connectivity index (χ4n) is 2.73. The van der Waals surface area contributed by atoms with Gasteiger partial charge >= 0.3 is 13.2 Å². The summed E-state index contributed by atoms with van der Waals surface area (Å²) in [6.07, 6.45) is -0.801. The summed E-state index contributed by atoms with van der Waals surface area (Å²) < 4.78 is 35.3. The number of sulfone groups is 1. The van der Waals surface area contributed by atoms with Crippen LogP contribution >= 0.6 is 0 Å². The lowest BCUT2D eigenvalue weighted by molar-refractivity contribution is 0.187. The number of anilines is 2. The Balaban J connectivity index is 1.94. The predicted molar refractivity (Wildman–Crippen MR) is 96.6 cm³/mol. The molecule has 2 aromatic carbocycles. The predicted octanol–water partition coefficient (Wildman–Crippen LogP) is 0.639. The molecule has 0 aromatic heterocycles. The van der Waals surface area contributed by atoms with Crippen LogP contribution in [0, 0.1) is 0 Å². The molecule has 0 atom stereocenters. The molecule has 3 rings (SSSR count). The molecule has 8 nitrogen and oxygen atoms in total. The van der Waals surface area contributed by atoms with Gasteiger partial charge in [0, 0.05) is 5.69 Å². The molecular formula is C16H17BN2O6S. The van der Waals surface area contributed by atoms with Crippen molar-refractivity contribution in [3.05, 3.63) is 47.5 Å². The van der Waals surface area contributed by atoms with Crippen LogP contribution in [0.4, 0.5) is 16.2 Å². The number of hydrogen-bond donors (Lipinski definition) is 3. The van der Waals surface area contributed by atoms with Gasteiger partial charge in [0.15, 0.2) is 9.84 Å². The van der Waals surface area contributed by atoms with E-state index in [0.717, 1.165) is 5.56 Å². The van der Waals surface area contributed by atoms with Crippen LogP contribution in [-0.4, -0.2) is 33.8 Å². The van der Waals surface area contributed by atoms with Crippen molar-refractivity contribution in [1.82, 2.24) is 0 Å². The Labute approximate surface area is 151 Å². The van der Waals surface area contributed by atoms with Crippen molar-refractivity contribution in [2.75, 3.05) is 18.2 Å². The monoisotopic (exact) mass is 376 g/mol. The lowest BCUT2D eigenvalue weighted by atomic mass is 9.79. The highest BCUT2D eigenvalue weighted by Gasteiger charge is 2.28. The number of nitrogen functional groups attached to an aromatic ring is 1. The number of methoxy groups -OCH3 is 1. The third kappa shape index (κ3) is 3.67. The summed E-state index contributed by atoms with van der Waals surface area (Å²) in [4.78, 5) is 11.4. The van der Waals surface area contributed by atoms with E-state index in [1.165, 1.54) is 25.3 Å². The minimum atomic E-state index is -3.80. The van der Waals surface area contributed by atoms with E-state index in [0.29, 0.717) is 16.7 Å². The van der Waals surface area contributed by atoms with Crippen LogP contribution in [0.5, 0.6) is 0 Å². The summed E-state index contributed by atoms with van der Waals surface area (Å²) in [5.74, 6) is -0.313. The summed E-state index contributed by atoms with van der Waals surface area (Å²) in [5, 5.41) is 12.1. The van der Waals surface area contributed by atoms with Crippen molar-refractivity contribution in [2.45, 2.75) is 17.3 Å². The maximum atomic E-state index is 12.9. The lowest BCUT2D eigenvalue weighted by Crippen LogP contribution is -2.28. The van der Waals surface area contributed by atoms with Crippen LogP contribution in [0.25, 0.3) is 0 Å². The molecule has 2 aromatic rings. The van der Waals surface area contributed by atoms with Gasteiger partial charge < -0.3 is 20.1 Å². The van der Waals surface area contributed by atoms with Gasteiger partial charge in [0.25, 0.3) is 0 Å². The molecule has 0 saturated heterocycles.